The van der Waals surface area contributed by atoms with Crippen LogP contribution in [0.2, 0.25) is 0 Å². The van der Waals surface area contributed by atoms with Crippen molar-refractivity contribution >= 4 is 71.8 Å². The highest BCUT2D eigenvalue weighted by Crippen LogP contribution is 2.28. The number of aromatic nitrogens is 1. The van der Waals surface area contributed by atoms with Crippen LogP contribution in [0.15, 0.2) is 40.9 Å². The third kappa shape index (κ3) is 6.24. The molecule has 1 amide bonds. The van der Waals surface area contributed by atoms with Crippen molar-refractivity contribution in [3.63, 3.8) is 0 Å². The summed E-state index contributed by atoms with van der Waals surface area (Å²) in [5.74, 6) is -0.0510. The summed E-state index contributed by atoms with van der Waals surface area (Å²) in [7, 11) is 0. The third-order valence-corrected chi connectivity index (χ3v) is 6.05. The molecule has 0 atom stereocenters. The minimum atomic E-state index is -0.357. The van der Waals surface area contributed by atoms with Crippen LogP contribution >= 0.6 is 39.5 Å². The largest absolute Gasteiger partial charge is 0.493 e. The first kappa shape index (κ1) is 24.1. The van der Waals surface area contributed by atoms with Crippen LogP contribution in [0.25, 0.3) is 10.2 Å². The number of esters is 1. The average Bonchev–Trinajstić information content (AvgIpc) is 3.16. The highest BCUT2D eigenvalue weighted by atomic mass is 79.9. The van der Waals surface area contributed by atoms with Crippen LogP contribution in [-0.2, 0) is 4.74 Å². The molecule has 0 spiro atoms. The number of benzene rings is 2. The summed E-state index contributed by atoms with van der Waals surface area (Å²) < 4.78 is 12.2. The van der Waals surface area contributed by atoms with Crippen molar-refractivity contribution in [2.75, 3.05) is 18.5 Å². The highest BCUT2D eigenvalue weighted by Gasteiger charge is 2.14. The molecule has 0 saturated heterocycles. The number of amides is 1. The topological polar surface area (TPSA) is 89.5 Å². The second-order valence-corrected chi connectivity index (χ2v) is 8.97. The molecule has 0 unspecified atom stereocenters. The molecular formula is C22H22BrN3O4S2. The van der Waals surface area contributed by atoms with Crippen LogP contribution in [0.1, 0.15) is 47.4 Å². The lowest BCUT2D eigenvalue weighted by Gasteiger charge is -2.09. The molecule has 0 fully saturated rings. The maximum atomic E-state index is 12.5. The molecule has 10 heteroatoms. The summed E-state index contributed by atoms with van der Waals surface area (Å²) in [5.41, 5.74) is 1.62. The number of hydrogen-bond donors (Lipinski definition) is 2. The molecule has 3 aromatic rings. The smallest absolute Gasteiger partial charge is 0.338 e. The summed E-state index contributed by atoms with van der Waals surface area (Å²) in [6.45, 7) is 4.86. The number of thiocarbonyl (C=S) groups is 1. The van der Waals surface area contributed by atoms with Crippen LogP contribution in [0, 0.1) is 0 Å². The van der Waals surface area contributed by atoms with Gasteiger partial charge >= 0.3 is 5.97 Å². The molecule has 1 aromatic heterocycles. The Hall–Kier alpha value is -2.56. The van der Waals surface area contributed by atoms with E-state index in [1.165, 1.54) is 11.3 Å². The van der Waals surface area contributed by atoms with E-state index in [0.29, 0.717) is 45.2 Å². The normalized spacial score (nSPS) is 10.6. The number of anilines is 1. The Kier molecular flexibility index (Phi) is 8.54. The van der Waals surface area contributed by atoms with Crippen molar-refractivity contribution in [1.29, 1.82) is 0 Å². The Morgan fingerprint density at radius 3 is 2.66 bits per heavy atom. The Balaban J connectivity index is 1.63. The fourth-order valence-electron chi connectivity index (χ4n) is 2.72. The predicted molar refractivity (Wildman–Crippen MR) is 134 cm³/mol. The molecule has 0 saturated carbocycles. The quantitative estimate of drug-likeness (QED) is 0.222. The Bertz CT molecular complexity index is 1150. The maximum Gasteiger partial charge on any atom is 0.338 e. The lowest BCUT2D eigenvalue weighted by molar-refractivity contribution is 0.0500. The number of rotatable bonds is 8. The second-order valence-electron chi connectivity index (χ2n) is 6.68. The van der Waals surface area contributed by atoms with Gasteiger partial charge in [-0.15, -0.1) is 0 Å². The Morgan fingerprint density at radius 1 is 1.16 bits per heavy atom. The van der Waals surface area contributed by atoms with Crippen molar-refractivity contribution in [1.82, 2.24) is 10.3 Å². The lowest BCUT2D eigenvalue weighted by atomic mass is 10.2. The van der Waals surface area contributed by atoms with Gasteiger partial charge in [0, 0.05) is 5.56 Å². The molecule has 0 radical (unpaired) electrons. The molecule has 0 aliphatic rings. The number of halogens is 1. The van der Waals surface area contributed by atoms with E-state index >= 15 is 0 Å². The van der Waals surface area contributed by atoms with Gasteiger partial charge in [-0.1, -0.05) is 24.7 Å². The van der Waals surface area contributed by atoms with E-state index in [4.69, 9.17) is 21.7 Å². The van der Waals surface area contributed by atoms with Crippen molar-refractivity contribution in [2.24, 2.45) is 0 Å². The maximum absolute atomic E-state index is 12.5. The van der Waals surface area contributed by atoms with Gasteiger partial charge in [-0.05, 0) is 77.9 Å². The summed E-state index contributed by atoms with van der Waals surface area (Å²) in [6.07, 6.45) is 1.79. The molecule has 0 bridgehead atoms. The number of ether oxygens (including phenoxy) is 2. The molecule has 0 aliphatic carbocycles. The molecule has 32 heavy (non-hydrogen) atoms. The number of carbonyl (C=O) groups is 2. The van der Waals surface area contributed by atoms with Crippen LogP contribution in [0.3, 0.4) is 0 Å². The van der Waals surface area contributed by atoms with Gasteiger partial charge in [-0.2, -0.15) is 0 Å². The molecule has 0 aliphatic heterocycles. The first-order valence-corrected chi connectivity index (χ1v) is 12.1. The molecule has 7 nitrogen and oxygen atoms in total. The summed E-state index contributed by atoms with van der Waals surface area (Å²) in [6, 6.07) is 10.2. The van der Waals surface area contributed by atoms with E-state index in [-0.39, 0.29) is 17.0 Å². The standard InChI is InChI=1S/C22H22BrN3O4S2/c1-3-5-10-30-20(28)14-6-8-16-18(12-14)32-22(24-16)26-21(31)25-19(27)13-7-9-17(29-4-2)15(23)11-13/h6-9,11-12H,3-5,10H2,1-2H3,(H2,24,25,26,27,31). The van der Waals surface area contributed by atoms with Crippen LogP contribution in [0.5, 0.6) is 5.75 Å². The zero-order chi connectivity index (χ0) is 23.1. The van der Waals surface area contributed by atoms with E-state index in [1.54, 1.807) is 36.4 Å². The predicted octanol–water partition coefficient (Wildman–Crippen LogP) is 5.54. The summed E-state index contributed by atoms with van der Waals surface area (Å²) in [4.78, 5) is 29.1. The molecule has 2 N–H and O–H groups in total. The minimum absolute atomic E-state index is 0.123. The number of carbonyl (C=O) groups excluding carboxylic acids is 2. The van der Waals surface area contributed by atoms with Gasteiger partial charge in [0.05, 0.1) is 33.5 Å². The Morgan fingerprint density at radius 2 is 1.94 bits per heavy atom. The number of hydrogen-bond acceptors (Lipinski definition) is 7. The summed E-state index contributed by atoms with van der Waals surface area (Å²) >= 11 is 9.98. The van der Waals surface area contributed by atoms with Gasteiger partial charge < -0.3 is 14.8 Å². The zero-order valence-electron chi connectivity index (χ0n) is 17.6. The SMILES string of the molecule is CCCCOC(=O)c1ccc2nc(NC(=S)NC(=O)c3ccc(OCC)c(Br)c3)sc2c1. The number of nitrogens with zero attached hydrogens (tertiary/aromatic N) is 1. The third-order valence-electron chi connectivity index (χ3n) is 4.30. The van der Waals surface area contributed by atoms with Crippen LogP contribution < -0.4 is 15.4 Å². The monoisotopic (exact) mass is 535 g/mol. The molecular weight excluding hydrogens is 514 g/mol. The van der Waals surface area contributed by atoms with Gasteiger partial charge in [0.25, 0.3) is 5.91 Å². The number of thiazole rings is 1. The minimum Gasteiger partial charge on any atom is -0.493 e. The van der Waals surface area contributed by atoms with Gasteiger partial charge in [0.15, 0.2) is 10.2 Å². The molecule has 168 valence electrons. The van der Waals surface area contributed by atoms with Crippen molar-refractivity contribution in [3.05, 3.63) is 52.0 Å². The van der Waals surface area contributed by atoms with Crippen molar-refractivity contribution in [3.8, 4) is 5.75 Å². The average molecular weight is 536 g/mol. The fraction of sp³-hybridized carbons (Fsp3) is 0.273. The van der Waals surface area contributed by atoms with Crippen molar-refractivity contribution < 1.29 is 19.1 Å². The lowest BCUT2D eigenvalue weighted by Crippen LogP contribution is -2.34. The van der Waals surface area contributed by atoms with Crippen molar-refractivity contribution in [2.45, 2.75) is 26.7 Å². The number of fused-ring (bicyclic) bond motifs is 1. The van der Waals surface area contributed by atoms with E-state index in [9.17, 15) is 9.59 Å². The molecule has 3 rings (SSSR count). The first-order chi connectivity index (χ1) is 15.4. The highest BCUT2D eigenvalue weighted by molar-refractivity contribution is 9.10. The first-order valence-electron chi connectivity index (χ1n) is 10.0. The zero-order valence-corrected chi connectivity index (χ0v) is 20.8. The molecule has 2 aromatic carbocycles. The van der Waals surface area contributed by atoms with E-state index < -0.39 is 0 Å². The van der Waals surface area contributed by atoms with E-state index in [1.807, 2.05) is 13.8 Å². The van der Waals surface area contributed by atoms with E-state index in [2.05, 4.69) is 31.5 Å². The van der Waals surface area contributed by atoms with Gasteiger partial charge in [0.1, 0.15) is 5.75 Å². The van der Waals surface area contributed by atoms with Gasteiger partial charge in [0.2, 0.25) is 0 Å². The van der Waals surface area contributed by atoms with E-state index in [0.717, 1.165) is 17.5 Å². The van der Waals surface area contributed by atoms with Crippen LogP contribution in [-0.4, -0.2) is 35.2 Å². The fourth-order valence-corrected chi connectivity index (χ4v) is 4.37. The summed E-state index contributed by atoms with van der Waals surface area (Å²) in [5, 5.41) is 6.19. The van der Waals surface area contributed by atoms with Gasteiger partial charge in [-0.25, -0.2) is 9.78 Å². The van der Waals surface area contributed by atoms with Crippen LogP contribution in [0.4, 0.5) is 5.13 Å². The Labute approximate surface area is 203 Å². The number of unbranched alkanes of at least 4 members (excludes halogenated alkanes) is 1. The second kappa shape index (κ2) is 11.3. The molecule has 1 heterocycles. The number of nitrogens with one attached hydrogen (secondary N) is 2. The van der Waals surface area contributed by atoms with Gasteiger partial charge in [-0.3, -0.25) is 10.1 Å².